The van der Waals surface area contributed by atoms with E-state index < -0.39 is 5.82 Å². The minimum absolute atomic E-state index is 0.0329. The Morgan fingerprint density at radius 2 is 2.30 bits per heavy atom. The normalized spacial score (nSPS) is 12.2. The van der Waals surface area contributed by atoms with Gasteiger partial charge in [-0.2, -0.15) is 0 Å². The van der Waals surface area contributed by atoms with Crippen LogP contribution in [0.1, 0.15) is 18.7 Å². The molecule has 0 unspecified atom stereocenters. The maximum Gasteiger partial charge on any atom is 0.279 e. The summed E-state index contributed by atoms with van der Waals surface area (Å²) in [5.74, 6) is 0.0732. The molecule has 106 valence electrons. The van der Waals surface area contributed by atoms with E-state index in [9.17, 15) is 9.18 Å². The van der Waals surface area contributed by atoms with Crippen molar-refractivity contribution >= 4 is 27.5 Å². The number of amides is 1. The Labute approximate surface area is 124 Å². The summed E-state index contributed by atoms with van der Waals surface area (Å²) in [6.07, 6.45) is 1.59. The van der Waals surface area contributed by atoms with Gasteiger partial charge in [-0.1, -0.05) is 15.9 Å². The minimum Gasteiger partial charge on any atom is -0.463 e. The maximum absolute atomic E-state index is 13.6. The summed E-state index contributed by atoms with van der Waals surface area (Å²) < 4.78 is 19.4. The van der Waals surface area contributed by atoms with Crippen molar-refractivity contribution in [2.75, 3.05) is 11.9 Å². The molecule has 0 aliphatic rings. The molecule has 0 spiro atoms. The lowest BCUT2D eigenvalue weighted by atomic mass is 10.2. The number of nitrogens with two attached hydrogens (primary N) is 1. The Morgan fingerprint density at radius 3 is 2.95 bits per heavy atom. The van der Waals surface area contributed by atoms with Crippen LogP contribution >= 0.6 is 15.9 Å². The lowest BCUT2D eigenvalue weighted by molar-refractivity contribution is -0.684. The Bertz CT molecular complexity index is 587. The molecule has 1 aromatic carbocycles. The third kappa shape index (κ3) is 3.91. The van der Waals surface area contributed by atoms with Crippen LogP contribution in [-0.2, 0) is 4.79 Å². The van der Waals surface area contributed by atoms with Crippen molar-refractivity contribution < 1.29 is 18.9 Å². The van der Waals surface area contributed by atoms with Gasteiger partial charge >= 0.3 is 0 Å². The number of nitrogens with one attached hydrogen (secondary N) is 1. The summed E-state index contributed by atoms with van der Waals surface area (Å²) in [6, 6.07) is 8.20. The van der Waals surface area contributed by atoms with E-state index in [1.165, 1.54) is 12.1 Å². The van der Waals surface area contributed by atoms with Crippen molar-refractivity contribution in [1.29, 1.82) is 0 Å². The zero-order chi connectivity index (χ0) is 14.5. The molecule has 0 aliphatic heterocycles. The summed E-state index contributed by atoms with van der Waals surface area (Å²) in [7, 11) is 0. The number of hydrogen-bond donors (Lipinski definition) is 2. The highest BCUT2D eigenvalue weighted by molar-refractivity contribution is 9.10. The highest BCUT2D eigenvalue weighted by Crippen LogP contribution is 2.19. The molecule has 0 bridgehead atoms. The van der Waals surface area contributed by atoms with Crippen LogP contribution in [-0.4, -0.2) is 12.5 Å². The van der Waals surface area contributed by atoms with Gasteiger partial charge in [0.05, 0.1) is 12.0 Å². The van der Waals surface area contributed by atoms with Crippen molar-refractivity contribution in [1.82, 2.24) is 0 Å². The van der Waals surface area contributed by atoms with Gasteiger partial charge in [-0.25, -0.2) is 4.39 Å². The standard InChI is InChI=1S/C14H14BrFN2O2/c1-9(13-3-2-6-20-13)17-8-14(19)18-12-5-4-10(15)7-11(12)16/h2-7,9,17H,8H2,1H3,(H,18,19)/p+1/t9-/m1/s1. The number of carbonyl (C=O) groups is 1. The van der Waals surface area contributed by atoms with E-state index in [4.69, 9.17) is 4.42 Å². The Morgan fingerprint density at radius 1 is 1.50 bits per heavy atom. The van der Waals surface area contributed by atoms with E-state index in [0.717, 1.165) is 5.76 Å². The largest absolute Gasteiger partial charge is 0.463 e. The molecule has 1 atom stereocenters. The molecule has 1 amide bonds. The predicted octanol–water partition coefficient (Wildman–Crippen LogP) is 2.44. The summed E-state index contributed by atoms with van der Waals surface area (Å²) >= 11 is 3.17. The third-order valence-corrected chi connectivity index (χ3v) is 3.35. The first-order valence-corrected chi connectivity index (χ1v) is 6.97. The Balaban J connectivity index is 1.86. The van der Waals surface area contributed by atoms with Gasteiger partial charge in [0.1, 0.15) is 11.9 Å². The zero-order valence-electron chi connectivity index (χ0n) is 10.9. The maximum atomic E-state index is 13.6. The lowest BCUT2D eigenvalue weighted by Gasteiger charge is -2.09. The van der Waals surface area contributed by atoms with Crippen LogP contribution in [0.2, 0.25) is 0 Å². The number of rotatable bonds is 5. The Hall–Kier alpha value is -1.66. The number of quaternary nitrogens is 1. The van der Waals surface area contributed by atoms with Gasteiger partial charge in [0.15, 0.2) is 12.3 Å². The van der Waals surface area contributed by atoms with E-state index in [1.54, 1.807) is 18.4 Å². The molecule has 4 nitrogen and oxygen atoms in total. The van der Waals surface area contributed by atoms with E-state index >= 15 is 0 Å². The summed E-state index contributed by atoms with van der Waals surface area (Å²) in [5.41, 5.74) is 0.178. The minimum atomic E-state index is -0.466. The van der Waals surface area contributed by atoms with E-state index in [0.29, 0.717) is 4.47 Å². The number of anilines is 1. The zero-order valence-corrected chi connectivity index (χ0v) is 12.5. The van der Waals surface area contributed by atoms with Crippen LogP contribution in [0.4, 0.5) is 10.1 Å². The number of hydrogen-bond acceptors (Lipinski definition) is 2. The van der Waals surface area contributed by atoms with Gasteiger partial charge in [-0.05, 0) is 37.3 Å². The van der Waals surface area contributed by atoms with E-state index in [-0.39, 0.29) is 24.2 Å². The van der Waals surface area contributed by atoms with Gasteiger partial charge in [0.25, 0.3) is 5.91 Å². The Kier molecular flexibility index (Phi) is 4.92. The molecule has 0 aliphatic carbocycles. The molecule has 0 saturated heterocycles. The van der Waals surface area contributed by atoms with Gasteiger partial charge in [0.2, 0.25) is 0 Å². The lowest BCUT2D eigenvalue weighted by Crippen LogP contribution is -2.86. The van der Waals surface area contributed by atoms with Crippen LogP contribution in [0, 0.1) is 5.82 Å². The molecular weight excluding hydrogens is 327 g/mol. The van der Waals surface area contributed by atoms with Gasteiger partial charge in [-0.15, -0.1) is 0 Å². The fourth-order valence-electron chi connectivity index (χ4n) is 1.74. The highest BCUT2D eigenvalue weighted by Gasteiger charge is 2.14. The number of halogens is 2. The SMILES string of the molecule is C[C@@H]([NH2+]CC(=O)Nc1ccc(Br)cc1F)c1ccco1. The molecule has 0 fully saturated rings. The highest BCUT2D eigenvalue weighted by atomic mass is 79.9. The molecule has 2 aromatic rings. The predicted molar refractivity (Wildman–Crippen MR) is 76.6 cm³/mol. The monoisotopic (exact) mass is 341 g/mol. The second-order valence-corrected chi connectivity index (χ2v) is 5.33. The van der Waals surface area contributed by atoms with Crippen LogP contribution in [0.15, 0.2) is 45.5 Å². The smallest absolute Gasteiger partial charge is 0.279 e. The number of carbonyl (C=O) groups excluding carboxylic acids is 1. The topological polar surface area (TPSA) is 58.9 Å². The molecule has 2 rings (SSSR count). The van der Waals surface area contributed by atoms with Crippen molar-refractivity contribution in [2.45, 2.75) is 13.0 Å². The van der Waals surface area contributed by atoms with Crippen molar-refractivity contribution in [3.8, 4) is 0 Å². The molecule has 0 radical (unpaired) electrons. The number of furan rings is 1. The van der Waals surface area contributed by atoms with E-state index in [2.05, 4.69) is 21.2 Å². The summed E-state index contributed by atoms with van der Waals surface area (Å²) in [6.45, 7) is 2.13. The molecule has 6 heteroatoms. The molecular formula is C14H15BrFN2O2+. The van der Waals surface area contributed by atoms with Crippen LogP contribution < -0.4 is 10.6 Å². The molecule has 3 N–H and O–H groups in total. The number of benzene rings is 1. The van der Waals surface area contributed by atoms with Crippen LogP contribution in [0.3, 0.4) is 0 Å². The third-order valence-electron chi connectivity index (χ3n) is 2.85. The first-order chi connectivity index (χ1) is 9.56. The average molecular weight is 342 g/mol. The second kappa shape index (κ2) is 6.67. The van der Waals surface area contributed by atoms with Crippen molar-refractivity contribution in [2.24, 2.45) is 0 Å². The second-order valence-electron chi connectivity index (χ2n) is 4.42. The summed E-state index contributed by atoms with van der Waals surface area (Å²) in [4.78, 5) is 11.8. The van der Waals surface area contributed by atoms with Crippen molar-refractivity contribution in [3.63, 3.8) is 0 Å². The van der Waals surface area contributed by atoms with E-state index in [1.807, 2.05) is 18.3 Å². The van der Waals surface area contributed by atoms with Crippen molar-refractivity contribution in [3.05, 3.63) is 52.6 Å². The summed E-state index contributed by atoms with van der Waals surface area (Å²) in [5, 5.41) is 4.37. The van der Waals surface area contributed by atoms with Gasteiger partial charge in [-0.3, -0.25) is 4.79 Å². The fraction of sp³-hybridized carbons (Fsp3) is 0.214. The molecule has 1 heterocycles. The average Bonchev–Trinajstić information content (AvgIpc) is 2.93. The molecule has 1 aromatic heterocycles. The first-order valence-electron chi connectivity index (χ1n) is 6.18. The quantitative estimate of drug-likeness (QED) is 0.877. The van der Waals surface area contributed by atoms with Crippen LogP contribution in [0.5, 0.6) is 0 Å². The first kappa shape index (κ1) is 14.7. The molecule has 0 saturated carbocycles. The van der Waals surface area contributed by atoms with Gasteiger partial charge in [0, 0.05) is 4.47 Å². The fourth-order valence-corrected chi connectivity index (χ4v) is 2.08. The van der Waals surface area contributed by atoms with Gasteiger partial charge < -0.3 is 15.1 Å². The molecule has 20 heavy (non-hydrogen) atoms. The van der Waals surface area contributed by atoms with Crippen LogP contribution in [0.25, 0.3) is 0 Å².